The van der Waals surface area contributed by atoms with Gasteiger partial charge in [-0.3, -0.25) is 9.48 Å². The Morgan fingerprint density at radius 2 is 1.95 bits per heavy atom. The van der Waals surface area contributed by atoms with Crippen LogP contribution < -0.4 is 10.5 Å². The molecule has 0 spiro atoms. The van der Waals surface area contributed by atoms with E-state index >= 15 is 0 Å². The molecule has 0 aliphatic rings. The Balaban J connectivity index is 2.27. The van der Waals surface area contributed by atoms with E-state index in [0.717, 1.165) is 4.90 Å². The minimum absolute atomic E-state index is 0.0843. The second kappa shape index (κ2) is 5.88. The highest BCUT2D eigenvalue weighted by Crippen LogP contribution is 2.19. The number of primary sulfonamides is 1. The maximum atomic E-state index is 12.1. The van der Waals surface area contributed by atoms with E-state index in [1.165, 1.54) is 17.9 Å². The number of nitrogens with zero attached hydrogens (tertiary/aromatic N) is 2. The molecular formula is C12H14N4O3S2. The van der Waals surface area contributed by atoms with Gasteiger partial charge in [0.2, 0.25) is 10.0 Å². The van der Waals surface area contributed by atoms with E-state index < -0.39 is 15.9 Å². The van der Waals surface area contributed by atoms with Gasteiger partial charge in [-0.1, -0.05) is 0 Å². The van der Waals surface area contributed by atoms with Gasteiger partial charge in [-0.05, 0) is 30.5 Å². The first-order valence-corrected chi connectivity index (χ1v) is 8.60. The fourth-order valence-electron chi connectivity index (χ4n) is 1.68. The minimum atomic E-state index is -3.95. The summed E-state index contributed by atoms with van der Waals surface area (Å²) in [4.78, 5) is 12.9. The fourth-order valence-corrected chi connectivity index (χ4v) is 2.75. The number of anilines is 1. The fraction of sp³-hybridized carbons (Fsp3) is 0.167. The van der Waals surface area contributed by atoms with E-state index in [0.29, 0.717) is 5.56 Å². The summed E-state index contributed by atoms with van der Waals surface area (Å²) in [6, 6.07) is 6.92. The second-order valence-electron chi connectivity index (χ2n) is 4.24. The van der Waals surface area contributed by atoms with Gasteiger partial charge < -0.3 is 5.32 Å². The van der Waals surface area contributed by atoms with Gasteiger partial charge in [0.05, 0.1) is 0 Å². The molecule has 1 aromatic carbocycles. The van der Waals surface area contributed by atoms with E-state index in [-0.39, 0.29) is 10.7 Å². The second-order valence-corrected chi connectivity index (χ2v) is 6.65. The number of aryl methyl sites for hydroxylation is 1. The lowest BCUT2D eigenvalue weighted by Gasteiger charge is -2.04. The highest BCUT2D eigenvalue weighted by atomic mass is 32.2. The number of amides is 1. The molecule has 0 aliphatic heterocycles. The van der Waals surface area contributed by atoms with Crippen LogP contribution in [0.15, 0.2) is 40.3 Å². The summed E-state index contributed by atoms with van der Waals surface area (Å²) in [5, 5.41) is 11.4. The number of thioether (sulfide) groups is 1. The summed E-state index contributed by atoms with van der Waals surface area (Å²) in [5.74, 6) is -0.537. The molecule has 7 nitrogen and oxygen atoms in total. The van der Waals surface area contributed by atoms with Gasteiger partial charge >= 0.3 is 0 Å². The predicted molar refractivity (Wildman–Crippen MR) is 80.8 cm³/mol. The van der Waals surface area contributed by atoms with Crippen LogP contribution in [0.4, 0.5) is 5.82 Å². The number of benzene rings is 1. The molecule has 2 rings (SSSR count). The summed E-state index contributed by atoms with van der Waals surface area (Å²) >= 11 is 1.56. The topological polar surface area (TPSA) is 107 Å². The number of hydrogen-bond donors (Lipinski definition) is 2. The molecule has 1 aromatic heterocycles. The normalized spacial score (nSPS) is 11.4. The molecule has 3 N–H and O–H groups in total. The number of nitrogens with one attached hydrogen (secondary N) is 1. The van der Waals surface area contributed by atoms with E-state index in [1.807, 2.05) is 6.26 Å². The van der Waals surface area contributed by atoms with Crippen LogP contribution in [0.2, 0.25) is 0 Å². The molecule has 0 saturated carbocycles. The molecule has 0 unspecified atom stereocenters. The zero-order valence-electron chi connectivity index (χ0n) is 11.4. The van der Waals surface area contributed by atoms with Crippen molar-refractivity contribution in [1.29, 1.82) is 0 Å². The van der Waals surface area contributed by atoms with E-state index in [4.69, 9.17) is 5.14 Å². The van der Waals surface area contributed by atoms with Crippen molar-refractivity contribution >= 4 is 33.5 Å². The molecule has 0 aliphatic carbocycles. The van der Waals surface area contributed by atoms with Crippen molar-refractivity contribution in [3.63, 3.8) is 0 Å². The number of sulfonamides is 1. The van der Waals surface area contributed by atoms with Gasteiger partial charge in [0.15, 0.2) is 5.82 Å². The van der Waals surface area contributed by atoms with Gasteiger partial charge in [0.1, 0.15) is 4.90 Å². The maximum absolute atomic E-state index is 12.1. The quantitative estimate of drug-likeness (QED) is 0.816. The van der Waals surface area contributed by atoms with Crippen molar-refractivity contribution in [1.82, 2.24) is 9.78 Å². The molecule has 1 heterocycles. The van der Waals surface area contributed by atoms with Crippen molar-refractivity contribution < 1.29 is 13.2 Å². The van der Waals surface area contributed by atoms with Crippen LogP contribution in [0.5, 0.6) is 0 Å². The largest absolute Gasteiger partial charge is 0.304 e. The van der Waals surface area contributed by atoms with Crippen molar-refractivity contribution in [2.75, 3.05) is 11.6 Å². The third kappa shape index (κ3) is 3.63. The van der Waals surface area contributed by atoms with Crippen molar-refractivity contribution in [3.05, 3.63) is 36.0 Å². The van der Waals surface area contributed by atoms with Crippen LogP contribution in [0.3, 0.4) is 0 Å². The highest BCUT2D eigenvalue weighted by Gasteiger charge is 2.20. The summed E-state index contributed by atoms with van der Waals surface area (Å²) in [6.45, 7) is 0. The van der Waals surface area contributed by atoms with Gasteiger partial charge in [0.25, 0.3) is 5.91 Å². The lowest BCUT2D eigenvalue weighted by atomic mass is 10.2. The number of carbonyl (C=O) groups excluding carboxylic acids is 1. The van der Waals surface area contributed by atoms with Crippen LogP contribution in [0, 0.1) is 0 Å². The Kier molecular flexibility index (Phi) is 4.35. The zero-order valence-corrected chi connectivity index (χ0v) is 13.0. The Morgan fingerprint density at radius 1 is 1.33 bits per heavy atom. The highest BCUT2D eigenvalue weighted by molar-refractivity contribution is 7.98. The van der Waals surface area contributed by atoms with E-state index in [1.54, 1.807) is 36.0 Å². The van der Waals surface area contributed by atoms with E-state index in [9.17, 15) is 13.2 Å². The lowest BCUT2D eigenvalue weighted by molar-refractivity contribution is 0.102. The smallest absolute Gasteiger partial charge is 0.256 e. The standard InChI is InChI=1S/C12H14N4O3S2/c1-16-7-10(21(13,18)19)11(15-16)14-12(17)8-3-5-9(20-2)6-4-8/h3-7H,1-2H3,(H2,13,18,19)(H,14,15,17). The first-order valence-electron chi connectivity index (χ1n) is 5.83. The van der Waals surface area contributed by atoms with Crippen molar-refractivity contribution in [2.45, 2.75) is 9.79 Å². The van der Waals surface area contributed by atoms with Gasteiger partial charge in [-0.15, -0.1) is 11.8 Å². The molecule has 112 valence electrons. The number of rotatable bonds is 4. The summed E-state index contributed by atoms with van der Waals surface area (Å²) in [5.41, 5.74) is 0.402. The Bertz CT molecular complexity index is 766. The summed E-state index contributed by atoms with van der Waals surface area (Å²) in [7, 11) is -2.41. The van der Waals surface area contributed by atoms with Crippen molar-refractivity contribution in [2.24, 2.45) is 12.2 Å². The van der Waals surface area contributed by atoms with Gasteiger partial charge in [-0.25, -0.2) is 13.6 Å². The minimum Gasteiger partial charge on any atom is -0.304 e. The first kappa shape index (κ1) is 15.5. The Hall–Kier alpha value is -1.84. The Labute approximate surface area is 126 Å². The van der Waals surface area contributed by atoms with Crippen LogP contribution in [-0.2, 0) is 17.1 Å². The zero-order chi connectivity index (χ0) is 15.6. The number of hydrogen-bond acceptors (Lipinski definition) is 5. The van der Waals surface area contributed by atoms with Crippen molar-refractivity contribution in [3.8, 4) is 0 Å². The molecule has 0 atom stereocenters. The number of aromatic nitrogens is 2. The van der Waals surface area contributed by atoms with Crippen LogP contribution in [0.25, 0.3) is 0 Å². The first-order chi connectivity index (χ1) is 9.81. The van der Waals surface area contributed by atoms with Gasteiger partial charge in [-0.2, -0.15) is 5.10 Å². The average molecular weight is 326 g/mol. The maximum Gasteiger partial charge on any atom is 0.256 e. The van der Waals surface area contributed by atoms with E-state index in [2.05, 4.69) is 10.4 Å². The summed E-state index contributed by atoms with van der Waals surface area (Å²) < 4.78 is 24.1. The van der Waals surface area contributed by atoms with Crippen LogP contribution >= 0.6 is 11.8 Å². The molecule has 21 heavy (non-hydrogen) atoms. The number of nitrogens with two attached hydrogens (primary N) is 1. The predicted octanol–water partition coefficient (Wildman–Crippen LogP) is 1.04. The third-order valence-electron chi connectivity index (χ3n) is 2.69. The third-order valence-corrected chi connectivity index (χ3v) is 4.34. The SMILES string of the molecule is CSc1ccc(C(=O)Nc2nn(C)cc2S(N)(=O)=O)cc1. The van der Waals surface area contributed by atoms with Gasteiger partial charge in [0, 0.05) is 23.7 Å². The average Bonchev–Trinajstić information content (AvgIpc) is 2.79. The lowest BCUT2D eigenvalue weighted by Crippen LogP contribution is -2.17. The van der Waals surface area contributed by atoms with Crippen LogP contribution in [-0.4, -0.2) is 30.4 Å². The molecule has 0 bridgehead atoms. The monoisotopic (exact) mass is 326 g/mol. The molecule has 0 fully saturated rings. The van der Waals surface area contributed by atoms with Crippen LogP contribution in [0.1, 0.15) is 10.4 Å². The molecule has 9 heteroatoms. The Morgan fingerprint density at radius 3 is 2.48 bits per heavy atom. The molecule has 0 saturated heterocycles. The number of carbonyl (C=O) groups is 1. The molecule has 1 amide bonds. The molecular weight excluding hydrogens is 312 g/mol. The summed E-state index contributed by atoms with van der Waals surface area (Å²) in [6.07, 6.45) is 3.17. The molecule has 2 aromatic rings. The molecule has 0 radical (unpaired) electrons.